The highest BCUT2D eigenvalue weighted by atomic mass is 35.5. The van der Waals surface area contributed by atoms with Crippen LogP contribution in [-0.2, 0) is 6.54 Å². The number of benzene rings is 1. The fraction of sp³-hybridized carbons (Fsp3) is 0.0833. The first-order valence-corrected chi connectivity index (χ1v) is 6.30. The average molecular weight is 315 g/mol. The van der Waals surface area contributed by atoms with Crippen LogP contribution in [0.4, 0.5) is 8.78 Å². The van der Waals surface area contributed by atoms with E-state index in [4.69, 9.17) is 23.2 Å². The van der Waals surface area contributed by atoms with Gasteiger partial charge < -0.3 is 0 Å². The van der Waals surface area contributed by atoms with E-state index >= 15 is 0 Å². The summed E-state index contributed by atoms with van der Waals surface area (Å²) in [4.78, 5) is 4.06. The highest BCUT2D eigenvalue weighted by molar-refractivity contribution is 6.31. The maximum absolute atomic E-state index is 13.7. The van der Waals surface area contributed by atoms with Gasteiger partial charge in [0.1, 0.15) is 22.3 Å². The van der Waals surface area contributed by atoms with E-state index < -0.39 is 11.6 Å². The first kappa shape index (κ1) is 13.2. The lowest BCUT2D eigenvalue weighted by Crippen LogP contribution is -2.06. The molecule has 0 saturated carbocycles. The van der Waals surface area contributed by atoms with Crippen molar-refractivity contribution < 1.29 is 8.78 Å². The Kier molecular flexibility index (Phi) is 3.27. The molecule has 4 nitrogen and oxygen atoms in total. The van der Waals surface area contributed by atoms with Crippen LogP contribution >= 0.6 is 23.2 Å². The molecule has 2 heterocycles. The fourth-order valence-electron chi connectivity index (χ4n) is 1.80. The van der Waals surface area contributed by atoms with Gasteiger partial charge in [-0.25, -0.2) is 18.4 Å². The molecule has 0 atom stereocenters. The second-order valence-electron chi connectivity index (χ2n) is 4.05. The zero-order valence-electron chi connectivity index (χ0n) is 9.82. The summed E-state index contributed by atoms with van der Waals surface area (Å²) in [6.07, 6.45) is 0. The van der Waals surface area contributed by atoms with Crippen molar-refractivity contribution in [3.8, 4) is 0 Å². The number of aromatic nitrogens is 4. The largest absolute Gasteiger partial charge is 0.222 e. The monoisotopic (exact) mass is 314 g/mol. The van der Waals surface area contributed by atoms with Crippen molar-refractivity contribution in [1.82, 2.24) is 20.0 Å². The van der Waals surface area contributed by atoms with Crippen LogP contribution in [0, 0.1) is 11.6 Å². The first-order chi connectivity index (χ1) is 9.56. The molecule has 0 N–H and O–H groups in total. The van der Waals surface area contributed by atoms with Crippen molar-refractivity contribution >= 4 is 34.4 Å². The predicted octanol–water partition coefficient (Wildman–Crippen LogP) is 3.46. The lowest BCUT2D eigenvalue weighted by atomic mass is 10.2. The molecule has 0 unspecified atom stereocenters. The van der Waals surface area contributed by atoms with Gasteiger partial charge in [0.25, 0.3) is 0 Å². The van der Waals surface area contributed by atoms with Gasteiger partial charge in [0.2, 0.25) is 0 Å². The number of hydrogen-bond acceptors (Lipinski definition) is 3. The third kappa shape index (κ3) is 2.21. The van der Waals surface area contributed by atoms with E-state index in [0.717, 1.165) is 12.1 Å². The van der Waals surface area contributed by atoms with E-state index in [2.05, 4.69) is 15.3 Å². The summed E-state index contributed by atoms with van der Waals surface area (Å²) in [7, 11) is 0. The third-order valence-electron chi connectivity index (χ3n) is 2.77. The molecule has 0 aliphatic carbocycles. The lowest BCUT2D eigenvalue weighted by molar-refractivity contribution is 0.565. The van der Waals surface area contributed by atoms with Crippen LogP contribution in [-0.4, -0.2) is 20.0 Å². The van der Waals surface area contributed by atoms with Gasteiger partial charge in [0.05, 0.1) is 11.6 Å². The van der Waals surface area contributed by atoms with E-state index in [0.29, 0.717) is 11.2 Å². The molecule has 1 aromatic carbocycles. The molecule has 0 fully saturated rings. The molecule has 0 aliphatic heterocycles. The predicted molar refractivity (Wildman–Crippen MR) is 70.8 cm³/mol. The molecule has 102 valence electrons. The minimum atomic E-state index is -0.696. The van der Waals surface area contributed by atoms with Gasteiger partial charge in [-0.15, -0.1) is 5.10 Å². The Morgan fingerprint density at radius 3 is 2.60 bits per heavy atom. The number of hydrogen-bond donors (Lipinski definition) is 0. The normalized spacial score (nSPS) is 11.2. The van der Waals surface area contributed by atoms with Crippen molar-refractivity contribution in [2.24, 2.45) is 0 Å². The Labute approximate surface area is 121 Å². The highest BCUT2D eigenvalue weighted by Crippen LogP contribution is 2.24. The second kappa shape index (κ2) is 4.96. The zero-order chi connectivity index (χ0) is 14.3. The zero-order valence-corrected chi connectivity index (χ0v) is 11.3. The Balaban J connectivity index is 2.10. The molecular weight excluding hydrogens is 309 g/mol. The first-order valence-electron chi connectivity index (χ1n) is 5.54. The number of rotatable bonds is 2. The Bertz CT molecular complexity index is 803. The maximum atomic E-state index is 13.7. The average Bonchev–Trinajstić information content (AvgIpc) is 2.81. The van der Waals surface area contributed by atoms with E-state index in [1.54, 1.807) is 12.1 Å². The van der Waals surface area contributed by atoms with Gasteiger partial charge in [-0.05, 0) is 24.3 Å². The maximum Gasteiger partial charge on any atom is 0.180 e. The van der Waals surface area contributed by atoms with Crippen LogP contribution < -0.4 is 0 Å². The van der Waals surface area contributed by atoms with Crippen molar-refractivity contribution in [3.05, 3.63) is 51.6 Å². The van der Waals surface area contributed by atoms with Gasteiger partial charge in [-0.2, -0.15) is 0 Å². The van der Waals surface area contributed by atoms with Crippen LogP contribution in [0.1, 0.15) is 5.56 Å². The topological polar surface area (TPSA) is 43.6 Å². The molecule has 0 amide bonds. The van der Waals surface area contributed by atoms with Gasteiger partial charge >= 0.3 is 0 Å². The summed E-state index contributed by atoms with van der Waals surface area (Å²) in [5, 5.41) is 7.69. The summed E-state index contributed by atoms with van der Waals surface area (Å²) in [5.74, 6) is -1.32. The molecular formula is C12H6Cl2F2N4. The summed E-state index contributed by atoms with van der Waals surface area (Å²) < 4.78 is 28.4. The van der Waals surface area contributed by atoms with Crippen LogP contribution in [0.2, 0.25) is 10.2 Å². The Hall–Kier alpha value is -1.79. The number of pyridine rings is 1. The molecule has 0 saturated heterocycles. The van der Waals surface area contributed by atoms with Crippen molar-refractivity contribution in [2.75, 3.05) is 0 Å². The molecule has 2 aromatic heterocycles. The molecule has 0 bridgehead atoms. The molecule has 3 aromatic rings. The minimum Gasteiger partial charge on any atom is -0.222 e. The van der Waals surface area contributed by atoms with Crippen LogP contribution in [0.3, 0.4) is 0 Å². The standard InChI is InChI=1S/C12H6Cl2F2N4/c13-10-4-3-9-12(17-10)20(19-18-9)5-6-7(15)1-2-8(16)11(6)14/h1-4H,5H2. The fourth-order valence-corrected chi connectivity index (χ4v) is 2.16. The van der Waals surface area contributed by atoms with Crippen LogP contribution in [0.25, 0.3) is 11.2 Å². The summed E-state index contributed by atoms with van der Waals surface area (Å²) in [6.45, 7) is -0.0910. The number of halogens is 4. The summed E-state index contributed by atoms with van der Waals surface area (Å²) in [6, 6.07) is 5.18. The van der Waals surface area contributed by atoms with Gasteiger partial charge in [0, 0.05) is 5.56 Å². The summed E-state index contributed by atoms with van der Waals surface area (Å²) in [5.41, 5.74) is 0.861. The molecule has 0 aliphatic rings. The molecule has 20 heavy (non-hydrogen) atoms. The summed E-state index contributed by atoms with van der Waals surface area (Å²) >= 11 is 11.6. The van der Waals surface area contributed by atoms with E-state index in [1.807, 2.05) is 0 Å². The van der Waals surface area contributed by atoms with Crippen LogP contribution in [0.15, 0.2) is 24.3 Å². The minimum absolute atomic E-state index is 0.0137. The van der Waals surface area contributed by atoms with Crippen LogP contribution in [0.5, 0.6) is 0 Å². The van der Waals surface area contributed by atoms with Gasteiger partial charge in [-0.1, -0.05) is 28.4 Å². The number of fused-ring (bicyclic) bond motifs is 1. The SMILES string of the molecule is Fc1ccc(F)c(Cn2nnc3ccc(Cl)nc32)c1Cl. The number of nitrogens with zero attached hydrogens (tertiary/aromatic N) is 4. The van der Waals surface area contributed by atoms with E-state index in [9.17, 15) is 8.78 Å². The lowest BCUT2D eigenvalue weighted by Gasteiger charge is -2.07. The highest BCUT2D eigenvalue weighted by Gasteiger charge is 2.15. The molecule has 8 heteroatoms. The molecule has 0 spiro atoms. The van der Waals surface area contributed by atoms with E-state index in [-0.39, 0.29) is 22.3 Å². The van der Waals surface area contributed by atoms with Crippen molar-refractivity contribution in [1.29, 1.82) is 0 Å². The van der Waals surface area contributed by atoms with Crippen molar-refractivity contribution in [2.45, 2.75) is 6.54 Å². The molecule has 0 radical (unpaired) electrons. The Morgan fingerprint density at radius 2 is 1.80 bits per heavy atom. The smallest absolute Gasteiger partial charge is 0.180 e. The second-order valence-corrected chi connectivity index (χ2v) is 4.81. The third-order valence-corrected chi connectivity index (χ3v) is 3.39. The Morgan fingerprint density at radius 1 is 1.05 bits per heavy atom. The van der Waals surface area contributed by atoms with Crippen molar-refractivity contribution in [3.63, 3.8) is 0 Å². The van der Waals surface area contributed by atoms with Gasteiger partial charge in [-0.3, -0.25) is 0 Å². The quantitative estimate of drug-likeness (QED) is 0.537. The van der Waals surface area contributed by atoms with Gasteiger partial charge in [0.15, 0.2) is 5.65 Å². The molecule has 3 rings (SSSR count). The van der Waals surface area contributed by atoms with E-state index in [1.165, 1.54) is 4.68 Å².